The first kappa shape index (κ1) is 15.6. The molecule has 1 amide bonds. The second-order valence-electron chi connectivity index (χ2n) is 6.34. The first-order valence-electron chi connectivity index (χ1n) is 7.93. The van der Waals surface area contributed by atoms with Crippen LogP contribution in [0.25, 0.3) is 0 Å². The van der Waals surface area contributed by atoms with Crippen LogP contribution in [-0.2, 0) is 0 Å². The molecule has 2 aromatic carbocycles. The summed E-state index contributed by atoms with van der Waals surface area (Å²) < 4.78 is 7.12. The Balaban J connectivity index is 1.58. The van der Waals surface area contributed by atoms with Crippen molar-refractivity contribution in [1.29, 1.82) is 0 Å². The van der Waals surface area contributed by atoms with E-state index in [1.54, 1.807) is 11.0 Å². The largest absolute Gasteiger partial charge is 0.484 e. The second-order valence-corrected chi connectivity index (χ2v) is 7.50. The number of hydrogen-bond donors (Lipinski definition) is 0. The lowest BCUT2D eigenvalue weighted by Crippen LogP contribution is -2.45. The van der Waals surface area contributed by atoms with Crippen molar-refractivity contribution in [3.63, 3.8) is 0 Å². The standard InChI is InChI=1S/C19H16INO3/c20-15-7-3-1-5-13(15)18(23)21-10-9-19(12-21)11-16(22)14-6-2-4-8-17(14)24-19/h1-8H,9-12H2. The number of ketones is 1. The number of nitrogens with zero attached hydrogens (tertiary/aromatic N) is 1. The summed E-state index contributed by atoms with van der Waals surface area (Å²) in [6.45, 7) is 1.07. The molecule has 2 heterocycles. The van der Waals surface area contributed by atoms with Crippen molar-refractivity contribution >= 4 is 34.3 Å². The fourth-order valence-corrected chi connectivity index (χ4v) is 4.11. The number of Topliss-reactive ketones (excluding diaryl/α,β-unsaturated/α-hetero) is 1. The van der Waals surface area contributed by atoms with E-state index in [1.807, 2.05) is 42.5 Å². The third-order valence-corrected chi connectivity index (χ3v) is 5.65. The molecule has 5 heteroatoms. The van der Waals surface area contributed by atoms with Crippen molar-refractivity contribution in [2.24, 2.45) is 0 Å². The summed E-state index contributed by atoms with van der Waals surface area (Å²) in [7, 11) is 0. The van der Waals surface area contributed by atoms with Crippen molar-refractivity contribution in [3.8, 4) is 5.75 Å². The number of carbonyl (C=O) groups is 2. The Kier molecular flexibility index (Phi) is 3.83. The number of halogens is 1. The molecular weight excluding hydrogens is 417 g/mol. The van der Waals surface area contributed by atoms with Gasteiger partial charge in [-0.05, 0) is 46.9 Å². The number of rotatable bonds is 1. The third-order valence-electron chi connectivity index (χ3n) is 4.70. The van der Waals surface area contributed by atoms with Crippen LogP contribution in [-0.4, -0.2) is 35.3 Å². The Morgan fingerprint density at radius 3 is 2.71 bits per heavy atom. The van der Waals surface area contributed by atoms with Crippen LogP contribution in [0.3, 0.4) is 0 Å². The van der Waals surface area contributed by atoms with Crippen LogP contribution in [0.5, 0.6) is 5.75 Å². The molecule has 0 N–H and O–H groups in total. The maximum atomic E-state index is 12.8. The molecule has 0 saturated carbocycles. The fraction of sp³-hybridized carbons (Fsp3) is 0.263. The highest BCUT2D eigenvalue weighted by molar-refractivity contribution is 14.1. The van der Waals surface area contributed by atoms with Crippen LogP contribution < -0.4 is 4.74 Å². The Hall–Kier alpha value is -1.89. The molecule has 4 nitrogen and oxygen atoms in total. The first-order chi connectivity index (χ1) is 11.6. The SMILES string of the molecule is O=C1CC2(CCN(C(=O)c3ccccc3I)C2)Oc2ccccc21. The minimum atomic E-state index is -0.582. The van der Waals surface area contributed by atoms with E-state index in [0.717, 1.165) is 3.57 Å². The van der Waals surface area contributed by atoms with Gasteiger partial charge in [0.1, 0.15) is 11.4 Å². The van der Waals surface area contributed by atoms with Gasteiger partial charge in [-0.25, -0.2) is 0 Å². The topological polar surface area (TPSA) is 46.6 Å². The molecule has 0 bridgehead atoms. The van der Waals surface area contributed by atoms with Crippen molar-refractivity contribution in [2.45, 2.75) is 18.4 Å². The molecule has 2 aromatic rings. The Labute approximate surface area is 153 Å². The molecule has 0 aliphatic carbocycles. The van der Waals surface area contributed by atoms with Crippen molar-refractivity contribution in [2.75, 3.05) is 13.1 Å². The molecule has 2 aliphatic heterocycles. The van der Waals surface area contributed by atoms with Gasteiger partial charge in [-0.15, -0.1) is 0 Å². The molecule has 1 fully saturated rings. The van der Waals surface area contributed by atoms with E-state index in [-0.39, 0.29) is 11.7 Å². The number of amides is 1. The molecule has 1 spiro atoms. The normalized spacial score (nSPS) is 22.4. The molecule has 1 unspecified atom stereocenters. The summed E-state index contributed by atoms with van der Waals surface area (Å²) in [5.41, 5.74) is 0.768. The monoisotopic (exact) mass is 433 g/mol. The summed E-state index contributed by atoms with van der Waals surface area (Å²) in [6.07, 6.45) is 1.02. The lowest BCUT2D eigenvalue weighted by atomic mass is 9.89. The first-order valence-corrected chi connectivity index (χ1v) is 9.01. The van der Waals surface area contributed by atoms with Gasteiger partial charge in [-0.2, -0.15) is 0 Å². The third kappa shape index (κ3) is 2.60. The summed E-state index contributed by atoms with van der Waals surface area (Å²) in [6, 6.07) is 14.9. The molecule has 0 radical (unpaired) electrons. The molecule has 1 atom stereocenters. The van der Waals surface area contributed by atoms with Gasteiger partial charge in [-0.3, -0.25) is 9.59 Å². The van der Waals surface area contributed by atoms with Crippen molar-refractivity contribution < 1.29 is 14.3 Å². The van der Waals surface area contributed by atoms with Gasteiger partial charge < -0.3 is 9.64 Å². The smallest absolute Gasteiger partial charge is 0.255 e. The average molecular weight is 433 g/mol. The van der Waals surface area contributed by atoms with Gasteiger partial charge in [0.15, 0.2) is 5.78 Å². The lowest BCUT2D eigenvalue weighted by molar-refractivity contribution is 0.0428. The second kappa shape index (κ2) is 5.88. The number of benzene rings is 2. The van der Waals surface area contributed by atoms with Gasteiger partial charge in [0.05, 0.1) is 24.1 Å². The number of para-hydroxylation sites is 1. The van der Waals surface area contributed by atoms with Crippen LogP contribution in [0.4, 0.5) is 0 Å². The van der Waals surface area contributed by atoms with Crippen LogP contribution >= 0.6 is 22.6 Å². The van der Waals surface area contributed by atoms with E-state index in [4.69, 9.17) is 4.74 Å². The zero-order chi connectivity index (χ0) is 16.7. The zero-order valence-corrected chi connectivity index (χ0v) is 15.2. The van der Waals surface area contributed by atoms with E-state index in [0.29, 0.717) is 42.8 Å². The highest BCUT2D eigenvalue weighted by Gasteiger charge is 2.47. The van der Waals surface area contributed by atoms with Crippen LogP contribution in [0.1, 0.15) is 33.6 Å². The Morgan fingerprint density at radius 2 is 1.88 bits per heavy atom. The molecular formula is C19H16INO3. The van der Waals surface area contributed by atoms with Crippen molar-refractivity contribution in [1.82, 2.24) is 4.90 Å². The molecule has 0 aromatic heterocycles. The zero-order valence-electron chi connectivity index (χ0n) is 13.0. The maximum absolute atomic E-state index is 12.8. The average Bonchev–Trinajstić information content (AvgIpc) is 2.98. The van der Waals surface area contributed by atoms with Crippen LogP contribution in [0, 0.1) is 3.57 Å². The van der Waals surface area contributed by atoms with Gasteiger partial charge in [0.25, 0.3) is 5.91 Å². The summed E-state index contributed by atoms with van der Waals surface area (Å²) in [5, 5.41) is 0. The Bertz CT molecular complexity index is 835. The molecule has 122 valence electrons. The summed E-state index contributed by atoms with van der Waals surface area (Å²) >= 11 is 2.18. The lowest BCUT2D eigenvalue weighted by Gasteiger charge is -2.34. The number of hydrogen-bond acceptors (Lipinski definition) is 3. The van der Waals surface area contributed by atoms with Gasteiger partial charge in [-0.1, -0.05) is 24.3 Å². The number of carbonyl (C=O) groups excluding carboxylic acids is 2. The fourth-order valence-electron chi connectivity index (χ4n) is 3.49. The minimum absolute atomic E-state index is 0.00628. The van der Waals surface area contributed by atoms with Crippen LogP contribution in [0.2, 0.25) is 0 Å². The predicted molar refractivity (Wildman–Crippen MR) is 98.4 cm³/mol. The number of likely N-dealkylation sites (tertiary alicyclic amines) is 1. The van der Waals surface area contributed by atoms with E-state index >= 15 is 0 Å². The van der Waals surface area contributed by atoms with E-state index in [2.05, 4.69) is 22.6 Å². The van der Waals surface area contributed by atoms with Gasteiger partial charge >= 0.3 is 0 Å². The van der Waals surface area contributed by atoms with Crippen LogP contribution in [0.15, 0.2) is 48.5 Å². The molecule has 4 rings (SSSR count). The van der Waals surface area contributed by atoms with Gasteiger partial charge in [0.2, 0.25) is 0 Å². The predicted octanol–water partition coefficient (Wildman–Crippen LogP) is 3.54. The Morgan fingerprint density at radius 1 is 1.12 bits per heavy atom. The molecule has 2 aliphatic rings. The molecule has 24 heavy (non-hydrogen) atoms. The minimum Gasteiger partial charge on any atom is -0.484 e. The number of ether oxygens (including phenoxy) is 1. The van der Waals surface area contributed by atoms with Crippen molar-refractivity contribution in [3.05, 3.63) is 63.2 Å². The quantitative estimate of drug-likeness (QED) is 0.647. The maximum Gasteiger partial charge on any atom is 0.255 e. The van der Waals surface area contributed by atoms with E-state index < -0.39 is 5.60 Å². The van der Waals surface area contributed by atoms with E-state index in [1.165, 1.54) is 0 Å². The highest BCUT2D eigenvalue weighted by Crippen LogP contribution is 2.39. The molecule has 1 saturated heterocycles. The number of fused-ring (bicyclic) bond motifs is 1. The van der Waals surface area contributed by atoms with E-state index in [9.17, 15) is 9.59 Å². The summed E-state index contributed by atoms with van der Waals surface area (Å²) in [4.78, 5) is 27.1. The highest BCUT2D eigenvalue weighted by atomic mass is 127. The van der Waals surface area contributed by atoms with Gasteiger partial charge in [0, 0.05) is 16.5 Å². The summed E-state index contributed by atoms with van der Waals surface area (Å²) in [5.74, 6) is 0.740.